The summed E-state index contributed by atoms with van der Waals surface area (Å²) in [6, 6.07) is 18.6. The molecule has 2 heterocycles. The Morgan fingerprint density at radius 1 is 0.960 bits per heavy atom. The Kier molecular flexibility index (Phi) is 3.74. The fourth-order valence-corrected chi connectivity index (χ4v) is 2.86. The molecule has 0 bridgehead atoms. The second-order valence-electron chi connectivity index (χ2n) is 5.80. The molecule has 25 heavy (non-hydrogen) atoms. The average molecular weight is 329 g/mol. The highest BCUT2D eigenvalue weighted by Crippen LogP contribution is 2.20. The van der Waals surface area contributed by atoms with Gasteiger partial charge >= 0.3 is 5.97 Å². The lowest BCUT2D eigenvalue weighted by atomic mass is 10.0. The maximum absolute atomic E-state index is 11.1. The first-order valence-electron chi connectivity index (χ1n) is 7.90. The number of carboxylic acid groups (broad SMARTS) is 1. The van der Waals surface area contributed by atoms with Gasteiger partial charge in [-0.05, 0) is 16.7 Å². The minimum absolute atomic E-state index is 0.0219. The smallest absolute Gasteiger partial charge is 0.356 e. The highest BCUT2D eigenvalue weighted by atomic mass is 16.4. The average Bonchev–Trinajstić information content (AvgIpc) is 3.09. The van der Waals surface area contributed by atoms with Gasteiger partial charge in [-0.2, -0.15) is 0 Å². The van der Waals surface area contributed by atoms with Gasteiger partial charge in [0.15, 0.2) is 11.3 Å². The van der Waals surface area contributed by atoms with Crippen molar-refractivity contribution >= 4 is 11.6 Å². The molecule has 122 valence electrons. The van der Waals surface area contributed by atoms with Gasteiger partial charge in [0, 0.05) is 24.5 Å². The summed E-state index contributed by atoms with van der Waals surface area (Å²) in [5.41, 5.74) is 4.92. The first-order chi connectivity index (χ1) is 12.2. The molecule has 0 amide bonds. The molecular formula is C20H15N3O2. The lowest BCUT2D eigenvalue weighted by Gasteiger charge is -2.07. The van der Waals surface area contributed by atoms with Gasteiger partial charge in [0.1, 0.15) is 0 Å². The van der Waals surface area contributed by atoms with Crippen LogP contribution in [0, 0.1) is 0 Å². The van der Waals surface area contributed by atoms with Crippen molar-refractivity contribution in [2.75, 3.05) is 0 Å². The van der Waals surface area contributed by atoms with Crippen LogP contribution >= 0.6 is 0 Å². The molecule has 0 radical (unpaired) electrons. The molecule has 0 saturated heterocycles. The van der Waals surface area contributed by atoms with Crippen molar-refractivity contribution in [3.05, 3.63) is 90.1 Å². The summed E-state index contributed by atoms with van der Waals surface area (Å²) in [6.07, 6.45) is 5.49. The molecule has 0 aliphatic carbocycles. The molecule has 2 aromatic carbocycles. The lowest BCUT2D eigenvalue weighted by Crippen LogP contribution is -1.99. The third-order valence-corrected chi connectivity index (χ3v) is 4.12. The minimum atomic E-state index is -1.04. The summed E-state index contributed by atoms with van der Waals surface area (Å²) < 4.78 is 1.78. The predicted molar refractivity (Wildman–Crippen MR) is 94.6 cm³/mol. The van der Waals surface area contributed by atoms with E-state index in [1.54, 1.807) is 16.8 Å². The van der Waals surface area contributed by atoms with Crippen LogP contribution in [-0.2, 0) is 6.42 Å². The summed E-state index contributed by atoms with van der Waals surface area (Å²) >= 11 is 0. The van der Waals surface area contributed by atoms with Gasteiger partial charge in [0.2, 0.25) is 0 Å². The summed E-state index contributed by atoms with van der Waals surface area (Å²) in [5, 5.41) is 9.11. The van der Waals surface area contributed by atoms with Crippen molar-refractivity contribution in [2.45, 2.75) is 6.42 Å². The highest BCUT2D eigenvalue weighted by molar-refractivity contribution is 5.86. The number of hydrogen-bond donors (Lipinski definition) is 1. The monoisotopic (exact) mass is 329 g/mol. The van der Waals surface area contributed by atoms with Gasteiger partial charge in [0.05, 0.1) is 6.20 Å². The van der Waals surface area contributed by atoms with Crippen LogP contribution in [0.15, 0.2) is 73.2 Å². The molecule has 0 fully saturated rings. The number of benzene rings is 2. The lowest BCUT2D eigenvalue weighted by molar-refractivity contribution is 0.0691. The zero-order valence-electron chi connectivity index (χ0n) is 13.3. The normalized spacial score (nSPS) is 10.9. The summed E-state index contributed by atoms with van der Waals surface area (Å²) in [6.45, 7) is 0. The van der Waals surface area contributed by atoms with E-state index in [-0.39, 0.29) is 5.69 Å². The van der Waals surface area contributed by atoms with E-state index in [0.29, 0.717) is 12.1 Å². The number of imidazole rings is 1. The van der Waals surface area contributed by atoms with Crippen LogP contribution in [0.3, 0.4) is 0 Å². The molecule has 5 heteroatoms. The number of fused-ring (bicyclic) bond motifs is 1. The molecule has 0 unspecified atom stereocenters. The maximum Gasteiger partial charge on any atom is 0.356 e. The Labute approximate surface area is 144 Å². The number of nitrogens with zero attached hydrogens (tertiary/aromatic N) is 3. The van der Waals surface area contributed by atoms with Crippen molar-refractivity contribution in [1.29, 1.82) is 0 Å². The van der Waals surface area contributed by atoms with Crippen LogP contribution in [0.25, 0.3) is 16.8 Å². The summed E-state index contributed by atoms with van der Waals surface area (Å²) in [5.74, 6) is -1.04. The molecule has 0 atom stereocenters. The van der Waals surface area contributed by atoms with Gasteiger partial charge in [-0.25, -0.2) is 9.78 Å². The highest BCUT2D eigenvalue weighted by Gasteiger charge is 2.11. The van der Waals surface area contributed by atoms with Crippen molar-refractivity contribution < 1.29 is 9.90 Å². The fraction of sp³-hybridized carbons (Fsp3) is 0.0500. The molecule has 0 spiro atoms. The molecule has 0 aliphatic heterocycles. The van der Waals surface area contributed by atoms with Gasteiger partial charge in [0.25, 0.3) is 0 Å². The van der Waals surface area contributed by atoms with Crippen molar-refractivity contribution in [3.63, 3.8) is 0 Å². The molecule has 4 rings (SSSR count). The fourth-order valence-electron chi connectivity index (χ4n) is 2.86. The van der Waals surface area contributed by atoms with Gasteiger partial charge in [-0.3, -0.25) is 9.38 Å². The van der Waals surface area contributed by atoms with E-state index in [1.807, 2.05) is 18.2 Å². The minimum Gasteiger partial charge on any atom is -0.476 e. The number of hydrogen-bond acceptors (Lipinski definition) is 3. The molecular weight excluding hydrogens is 314 g/mol. The van der Waals surface area contributed by atoms with E-state index >= 15 is 0 Å². The number of aromatic carboxylic acids is 1. The van der Waals surface area contributed by atoms with Crippen molar-refractivity contribution in [1.82, 2.24) is 14.4 Å². The first kappa shape index (κ1) is 15.1. The van der Waals surface area contributed by atoms with Gasteiger partial charge < -0.3 is 5.11 Å². The largest absolute Gasteiger partial charge is 0.476 e. The number of rotatable bonds is 4. The predicted octanol–water partition coefficient (Wildman–Crippen LogP) is 3.69. The van der Waals surface area contributed by atoms with Crippen LogP contribution in [0.5, 0.6) is 0 Å². The Bertz CT molecular complexity index is 1040. The third-order valence-electron chi connectivity index (χ3n) is 4.12. The van der Waals surface area contributed by atoms with E-state index in [9.17, 15) is 4.79 Å². The molecule has 0 saturated carbocycles. The van der Waals surface area contributed by atoms with Gasteiger partial charge in [-0.1, -0.05) is 54.6 Å². The molecule has 0 aliphatic rings. The van der Waals surface area contributed by atoms with E-state index in [0.717, 1.165) is 16.8 Å². The third kappa shape index (κ3) is 2.99. The second-order valence-corrected chi connectivity index (χ2v) is 5.80. The van der Waals surface area contributed by atoms with Crippen molar-refractivity contribution in [3.8, 4) is 11.1 Å². The van der Waals surface area contributed by atoms with E-state index in [2.05, 4.69) is 46.4 Å². The van der Waals surface area contributed by atoms with E-state index in [4.69, 9.17) is 5.11 Å². The zero-order chi connectivity index (χ0) is 17.2. The van der Waals surface area contributed by atoms with Gasteiger partial charge in [-0.15, -0.1) is 0 Å². The Hall–Kier alpha value is -3.47. The number of aromatic nitrogens is 3. The molecule has 5 nitrogen and oxygen atoms in total. The molecule has 2 aromatic heterocycles. The van der Waals surface area contributed by atoms with Crippen LogP contribution in [0.1, 0.15) is 21.7 Å². The van der Waals surface area contributed by atoms with Crippen LogP contribution in [0.4, 0.5) is 0 Å². The van der Waals surface area contributed by atoms with E-state index < -0.39 is 5.97 Å². The van der Waals surface area contributed by atoms with Crippen LogP contribution in [0.2, 0.25) is 0 Å². The summed E-state index contributed by atoms with van der Waals surface area (Å²) in [4.78, 5) is 19.4. The topological polar surface area (TPSA) is 67.5 Å². The first-order valence-corrected chi connectivity index (χ1v) is 7.90. The standard InChI is InChI=1S/C20H15N3O2/c24-20(25)18-13-23-17(11-21-12-19(23)22-18)10-14-6-8-16(9-7-14)15-4-2-1-3-5-15/h1-9,11-13H,10H2,(H,24,25). The second kappa shape index (κ2) is 6.20. The Balaban J connectivity index is 1.64. The number of carboxylic acids is 1. The van der Waals surface area contributed by atoms with E-state index in [1.165, 1.54) is 11.8 Å². The quantitative estimate of drug-likeness (QED) is 0.620. The van der Waals surface area contributed by atoms with Crippen LogP contribution < -0.4 is 0 Å². The maximum atomic E-state index is 11.1. The zero-order valence-corrected chi connectivity index (χ0v) is 13.3. The van der Waals surface area contributed by atoms with Crippen molar-refractivity contribution in [2.24, 2.45) is 0 Å². The molecule has 1 N–H and O–H groups in total. The molecule has 4 aromatic rings. The SMILES string of the molecule is O=C(O)c1cn2c(Cc3ccc(-c4ccccc4)cc3)cncc2n1. The summed E-state index contributed by atoms with van der Waals surface area (Å²) in [7, 11) is 0. The number of carbonyl (C=O) groups is 1. The van der Waals surface area contributed by atoms with Crippen LogP contribution in [-0.4, -0.2) is 25.4 Å². The Morgan fingerprint density at radius 2 is 1.68 bits per heavy atom. The Morgan fingerprint density at radius 3 is 2.40 bits per heavy atom.